The van der Waals surface area contributed by atoms with Gasteiger partial charge in [-0.3, -0.25) is 0 Å². The summed E-state index contributed by atoms with van der Waals surface area (Å²) in [5.41, 5.74) is 0. The molecule has 0 amide bonds. The average Bonchev–Trinajstić information content (AvgIpc) is 1.37. The zero-order valence-electron chi connectivity index (χ0n) is 1.67. The summed E-state index contributed by atoms with van der Waals surface area (Å²) in [6.07, 6.45) is 0. The van der Waals surface area contributed by atoms with Gasteiger partial charge in [0, 0.05) is 0 Å². The van der Waals surface area contributed by atoms with Crippen LogP contribution < -0.4 is 0 Å². The minimum absolute atomic E-state index is 0. The third kappa shape index (κ3) is 12.1. The van der Waals surface area contributed by atoms with Crippen LogP contribution in [0.1, 0.15) is 0 Å². The quantitative estimate of drug-likeness (QED) is 0.204. The summed E-state index contributed by atoms with van der Waals surface area (Å²) >= 11 is 0. The molecule has 0 unspecified atom stereocenters. The number of rotatable bonds is 1. The van der Waals surface area contributed by atoms with Gasteiger partial charge >= 0.3 is 42.5 Å². The first-order chi connectivity index (χ1) is 1.91. The van der Waals surface area contributed by atoms with Crippen molar-refractivity contribution in [2.45, 2.75) is 0 Å². The molecule has 0 heterocycles. The van der Waals surface area contributed by atoms with Crippen molar-refractivity contribution in [3.05, 3.63) is 9.71 Å². The molecule has 1 N–H and O–H groups in total. The van der Waals surface area contributed by atoms with Crippen LogP contribution in [0, 0.1) is 9.71 Å². The molecule has 0 aliphatic heterocycles. The van der Waals surface area contributed by atoms with Crippen molar-refractivity contribution in [2.75, 3.05) is 0 Å². The topological polar surface area (TPSA) is 57.8 Å². The molecule has 0 saturated carbocycles. The number of hydrogen-bond acceptors (Lipinski definition) is 3. The van der Waals surface area contributed by atoms with E-state index in [1.165, 1.54) is 0 Å². The molecule has 4 nitrogen and oxygen atoms in total. The van der Waals surface area contributed by atoms with Gasteiger partial charge in [0.15, 0.2) is 0 Å². The third-order valence-electron chi connectivity index (χ3n) is 0.0304. The summed E-state index contributed by atoms with van der Waals surface area (Å²) in [5.74, 6) is 0. The van der Waals surface area contributed by atoms with Crippen LogP contribution in [-0.4, -0.2) is 43.0 Å². The van der Waals surface area contributed by atoms with Crippen LogP contribution in [-0.2, 0) is 5.04 Å². The summed E-state index contributed by atoms with van der Waals surface area (Å²) in [6.45, 7) is 0. The molecule has 0 aromatic heterocycles. The van der Waals surface area contributed by atoms with E-state index in [1.54, 1.807) is 0 Å². The number of hydrogen-bond donors (Lipinski definition) is 1. The van der Waals surface area contributed by atoms with Crippen molar-refractivity contribution in [1.82, 2.24) is 0 Å². The third-order valence-corrected chi connectivity index (χ3v) is 0.0304. The van der Waals surface area contributed by atoms with Crippen LogP contribution in [0.4, 0.5) is 0 Å². The minimum atomic E-state index is 0. The molecule has 0 spiro atoms. The van der Waals surface area contributed by atoms with Gasteiger partial charge in [-0.05, 0) is 0 Å². The predicted molar refractivity (Wildman–Crippen MR) is 19.0 cm³/mol. The summed E-state index contributed by atoms with van der Waals surface area (Å²) in [6, 6.07) is 0. The van der Waals surface area contributed by atoms with Gasteiger partial charge in [0.25, 0.3) is 4.96 Å². The SMILES string of the molecule is O=[O+]OO.[CaH2]. The Kier molecular flexibility index (Phi) is 16.1. The fourth-order valence-electron chi connectivity index (χ4n) is 0. The van der Waals surface area contributed by atoms with E-state index in [0.717, 1.165) is 0 Å². The summed E-state index contributed by atoms with van der Waals surface area (Å²) in [5, 5.41) is 9.33. The van der Waals surface area contributed by atoms with E-state index in [1.807, 2.05) is 0 Å². The van der Waals surface area contributed by atoms with Crippen LogP contribution in [0.3, 0.4) is 0 Å². The molecule has 5 heavy (non-hydrogen) atoms. The predicted octanol–water partition coefficient (Wildman–Crippen LogP) is -0.909. The summed E-state index contributed by atoms with van der Waals surface area (Å²) < 4.78 is 2.35. The molecule has 0 rings (SSSR count). The molecule has 0 aromatic rings. The molecule has 5 heteroatoms. The zero-order valence-corrected chi connectivity index (χ0v) is 1.67. The van der Waals surface area contributed by atoms with E-state index in [0.29, 0.717) is 0 Å². The Balaban J connectivity index is 0. The van der Waals surface area contributed by atoms with Crippen molar-refractivity contribution in [2.24, 2.45) is 0 Å². The Labute approximate surface area is 57.5 Å². The van der Waals surface area contributed by atoms with E-state index in [9.17, 15) is 0 Å². The van der Waals surface area contributed by atoms with Gasteiger partial charge in [-0.1, -0.05) is 0 Å². The van der Waals surface area contributed by atoms with E-state index in [2.05, 4.69) is 9.78 Å². The van der Waals surface area contributed by atoms with Crippen LogP contribution >= 0.6 is 0 Å². The van der Waals surface area contributed by atoms with Gasteiger partial charge in [-0.15, -0.1) is 5.26 Å². The van der Waals surface area contributed by atoms with E-state index >= 15 is 0 Å². The molecule has 0 bridgehead atoms. The molecule has 0 saturated heterocycles. The molecule has 0 radical (unpaired) electrons. The molecule has 0 aliphatic carbocycles. The molecule has 28 valence electrons. The fourth-order valence-corrected chi connectivity index (χ4v) is 0. The second-order valence-corrected chi connectivity index (χ2v) is 0.143. The average molecular weight is 107 g/mol. The first-order valence-corrected chi connectivity index (χ1v) is 0.516. The monoisotopic (exact) mass is 107 g/mol. The molecule has 0 atom stereocenters. The van der Waals surface area contributed by atoms with E-state index < -0.39 is 0 Å². The Hall–Kier alpha value is 0.620. The Morgan fingerprint density at radius 2 is 2.00 bits per heavy atom. The van der Waals surface area contributed by atoms with Crippen molar-refractivity contribution >= 4 is 37.7 Å². The van der Waals surface area contributed by atoms with Crippen LogP contribution in [0.15, 0.2) is 0 Å². The molecular formula is H3CaO4+. The van der Waals surface area contributed by atoms with Gasteiger partial charge in [-0.2, -0.15) is 0 Å². The van der Waals surface area contributed by atoms with Gasteiger partial charge < -0.3 is 0 Å². The van der Waals surface area contributed by atoms with Crippen molar-refractivity contribution in [3.63, 3.8) is 0 Å². The van der Waals surface area contributed by atoms with Gasteiger partial charge in [0.1, 0.15) is 5.04 Å². The molecule has 0 aromatic carbocycles. The maximum atomic E-state index is 8.33. The van der Waals surface area contributed by atoms with Crippen molar-refractivity contribution in [3.8, 4) is 0 Å². The van der Waals surface area contributed by atoms with Crippen LogP contribution in [0.2, 0.25) is 0 Å². The van der Waals surface area contributed by atoms with Crippen molar-refractivity contribution in [1.29, 1.82) is 0 Å². The summed E-state index contributed by atoms with van der Waals surface area (Å²) in [7, 11) is 0. The van der Waals surface area contributed by atoms with Gasteiger partial charge in [0.2, 0.25) is 0 Å². The molecular weight excluding hydrogens is 104 g/mol. The van der Waals surface area contributed by atoms with Crippen LogP contribution in [0.5, 0.6) is 0 Å². The second kappa shape index (κ2) is 8.82. The first-order valence-electron chi connectivity index (χ1n) is 0.516. The zero-order chi connectivity index (χ0) is 3.41. The van der Waals surface area contributed by atoms with Crippen LogP contribution in [0.25, 0.3) is 0 Å². The van der Waals surface area contributed by atoms with Crippen molar-refractivity contribution < 1.29 is 10.3 Å². The molecule has 0 fully saturated rings. The maximum absolute atomic E-state index is 8.33. The standard InChI is InChI=1S/Ca.O4.2H/c;1-3-4-2;;/p+1. The molecule has 0 aliphatic rings. The van der Waals surface area contributed by atoms with Gasteiger partial charge in [-0.25, -0.2) is 0 Å². The fraction of sp³-hybridized carbons (Fsp3) is 0. The Morgan fingerprint density at radius 1 is 1.80 bits per heavy atom. The first kappa shape index (κ1) is 9.15. The summed E-state index contributed by atoms with van der Waals surface area (Å²) in [4.78, 5) is 8.33. The second-order valence-electron chi connectivity index (χ2n) is 0.143. The van der Waals surface area contributed by atoms with E-state index in [-0.39, 0.29) is 37.7 Å². The normalized spacial score (nSPS) is 4.20. The Morgan fingerprint density at radius 3 is 2.00 bits per heavy atom. The van der Waals surface area contributed by atoms with E-state index in [4.69, 9.17) is 10.2 Å². The Bertz CT molecular complexity index is 17.6. The van der Waals surface area contributed by atoms with Gasteiger partial charge in [0.05, 0.1) is 0 Å².